The average Bonchev–Trinajstić information content (AvgIpc) is 2.97. The number of hydrogen-bond donors (Lipinski definition) is 0. The summed E-state index contributed by atoms with van der Waals surface area (Å²) in [6.07, 6.45) is -7.75. The van der Waals surface area contributed by atoms with Gasteiger partial charge in [-0.2, -0.15) is 65.9 Å². The lowest BCUT2D eigenvalue weighted by atomic mass is 9.93. The molecule has 1 radical (unpaired) electrons. The van der Waals surface area contributed by atoms with E-state index in [2.05, 4.69) is 0 Å². The standard InChI is InChI=1S/C13H5ClF15N2O2/c1-30-4(2-3-5(30)14)6(32)31(33)13(28,29)11(23,24)9(19,20)7(15,16)8(17,18)10(21,22)12(25,26)27/h2-3H,1H3. The molecule has 0 aromatic carbocycles. The fourth-order valence-electron chi connectivity index (χ4n) is 2.02. The third-order valence-corrected chi connectivity index (χ3v) is 4.41. The lowest BCUT2D eigenvalue weighted by molar-refractivity contribution is -0.471. The Balaban J connectivity index is 3.60. The highest BCUT2D eigenvalue weighted by molar-refractivity contribution is 6.30. The highest BCUT2D eigenvalue weighted by atomic mass is 35.5. The van der Waals surface area contributed by atoms with Crippen LogP contribution in [0.15, 0.2) is 12.1 Å². The molecule has 1 rings (SSSR count). The van der Waals surface area contributed by atoms with E-state index >= 15 is 0 Å². The number of carbonyl (C=O) groups excluding carboxylic acids is 1. The smallest absolute Gasteiger partial charge is 0.331 e. The van der Waals surface area contributed by atoms with Gasteiger partial charge in [-0.3, -0.25) is 4.79 Å². The predicted molar refractivity (Wildman–Crippen MR) is 73.0 cm³/mol. The van der Waals surface area contributed by atoms with Crippen LogP contribution in [-0.4, -0.2) is 57.4 Å². The monoisotopic (exact) mass is 541 g/mol. The number of rotatable bonds is 7. The van der Waals surface area contributed by atoms with E-state index in [1.807, 2.05) is 0 Å². The zero-order valence-electron chi connectivity index (χ0n) is 14.9. The quantitative estimate of drug-likeness (QED) is 0.245. The molecule has 4 nitrogen and oxygen atoms in total. The number of alkyl halides is 15. The molecule has 0 saturated carbocycles. The van der Waals surface area contributed by atoms with Crippen LogP contribution in [0.25, 0.3) is 0 Å². The third kappa shape index (κ3) is 3.75. The number of halogens is 16. The minimum absolute atomic E-state index is 0.299. The van der Waals surface area contributed by atoms with Gasteiger partial charge in [-0.1, -0.05) is 16.8 Å². The minimum atomic E-state index is -8.57. The van der Waals surface area contributed by atoms with Crippen molar-refractivity contribution in [1.82, 2.24) is 9.63 Å². The van der Waals surface area contributed by atoms with Gasteiger partial charge in [0.1, 0.15) is 10.8 Å². The minimum Gasteiger partial charge on any atom is -0.331 e. The predicted octanol–water partition coefficient (Wildman–Crippen LogP) is 5.80. The first kappa shape index (κ1) is 29.0. The van der Waals surface area contributed by atoms with Crippen molar-refractivity contribution in [3.63, 3.8) is 0 Å². The second-order valence-electron chi connectivity index (χ2n) is 6.11. The maximum absolute atomic E-state index is 13.7. The fourth-order valence-corrected chi connectivity index (χ4v) is 2.17. The molecule has 1 amide bonds. The Bertz CT molecular complexity index is 908. The molecule has 33 heavy (non-hydrogen) atoms. The number of aromatic nitrogens is 1. The molecule has 0 spiro atoms. The Morgan fingerprint density at radius 2 is 1.09 bits per heavy atom. The molecule has 0 aliphatic carbocycles. The summed E-state index contributed by atoms with van der Waals surface area (Å²) in [5, 5.41) is 7.89. The van der Waals surface area contributed by atoms with E-state index in [0.29, 0.717) is 23.7 Å². The van der Waals surface area contributed by atoms with Crippen LogP contribution in [-0.2, 0) is 12.3 Å². The molecule has 1 aromatic rings. The topological polar surface area (TPSA) is 45.1 Å². The van der Waals surface area contributed by atoms with Crippen molar-refractivity contribution >= 4 is 17.5 Å². The van der Waals surface area contributed by atoms with Crippen LogP contribution in [0, 0.1) is 0 Å². The van der Waals surface area contributed by atoms with Crippen molar-refractivity contribution in [2.45, 2.75) is 41.8 Å². The molecular formula is C13H5ClF15N2O2. The molecule has 0 unspecified atom stereocenters. The zero-order chi connectivity index (χ0) is 26.8. The second kappa shape index (κ2) is 7.74. The number of nitrogens with zero attached hydrogens (tertiary/aromatic N) is 2. The molecule has 0 N–H and O–H groups in total. The van der Waals surface area contributed by atoms with Crippen LogP contribution in [0.2, 0.25) is 5.15 Å². The normalized spacial score (nSPS) is 15.1. The van der Waals surface area contributed by atoms with Crippen LogP contribution in [0.1, 0.15) is 10.5 Å². The van der Waals surface area contributed by atoms with E-state index in [1.54, 1.807) is 0 Å². The maximum atomic E-state index is 13.7. The first-order valence-electron chi connectivity index (χ1n) is 7.41. The van der Waals surface area contributed by atoms with E-state index in [-0.39, 0.29) is 0 Å². The highest BCUT2D eigenvalue weighted by Crippen LogP contribution is 2.62. The van der Waals surface area contributed by atoms with E-state index in [0.717, 1.165) is 0 Å². The van der Waals surface area contributed by atoms with Crippen LogP contribution in [0.4, 0.5) is 65.9 Å². The molecule has 1 heterocycles. The number of amides is 1. The summed E-state index contributed by atoms with van der Waals surface area (Å²) in [6, 6.07) is -6.40. The molecular weight excluding hydrogens is 537 g/mol. The Kier molecular flexibility index (Phi) is 6.80. The average molecular weight is 542 g/mol. The van der Waals surface area contributed by atoms with Gasteiger partial charge < -0.3 is 4.57 Å². The summed E-state index contributed by atoms with van der Waals surface area (Å²) in [5.41, 5.74) is -1.37. The molecule has 0 bridgehead atoms. The van der Waals surface area contributed by atoms with Crippen molar-refractivity contribution in [1.29, 1.82) is 0 Å². The molecule has 0 saturated heterocycles. The summed E-state index contributed by atoms with van der Waals surface area (Å²) in [5.74, 6) is -44.7. The Labute approximate surface area is 176 Å². The van der Waals surface area contributed by atoms with Crippen LogP contribution >= 0.6 is 11.6 Å². The van der Waals surface area contributed by atoms with Gasteiger partial charge in [0, 0.05) is 7.05 Å². The Hall–Kier alpha value is -2.05. The molecule has 0 aliphatic rings. The lowest BCUT2D eigenvalue weighted by Gasteiger charge is -2.41. The van der Waals surface area contributed by atoms with E-state index in [1.165, 1.54) is 0 Å². The van der Waals surface area contributed by atoms with Crippen molar-refractivity contribution in [3.8, 4) is 0 Å². The number of carbonyl (C=O) groups is 1. The van der Waals surface area contributed by atoms with Crippen molar-refractivity contribution < 1.29 is 75.9 Å². The van der Waals surface area contributed by atoms with Crippen molar-refractivity contribution in [2.75, 3.05) is 0 Å². The molecule has 0 atom stereocenters. The van der Waals surface area contributed by atoms with E-state index in [4.69, 9.17) is 11.6 Å². The van der Waals surface area contributed by atoms with Gasteiger partial charge >= 0.3 is 47.7 Å². The van der Waals surface area contributed by atoms with Crippen LogP contribution < -0.4 is 0 Å². The van der Waals surface area contributed by atoms with E-state index in [9.17, 15) is 75.9 Å². The molecule has 1 aromatic heterocycles. The van der Waals surface area contributed by atoms with Gasteiger partial charge in [0.25, 0.3) is 0 Å². The summed E-state index contributed by atoms with van der Waals surface area (Å²) < 4.78 is 196. The fraction of sp³-hybridized carbons (Fsp3) is 0.615. The molecule has 0 fully saturated rings. The van der Waals surface area contributed by atoms with Gasteiger partial charge in [-0.25, -0.2) is 0 Å². The first-order chi connectivity index (χ1) is 14.2. The Morgan fingerprint density at radius 1 is 0.727 bits per heavy atom. The van der Waals surface area contributed by atoms with Crippen molar-refractivity contribution in [2.24, 2.45) is 7.05 Å². The van der Waals surface area contributed by atoms with Crippen molar-refractivity contribution in [3.05, 3.63) is 23.0 Å². The largest absolute Gasteiger partial charge is 0.460 e. The lowest BCUT2D eigenvalue weighted by Crippen LogP contribution is -2.74. The summed E-state index contributed by atoms with van der Waals surface area (Å²) >= 11 is 5.33. The van der Waals surface area contributed by atoms with Gasteiger partial charge in [0.15, 0.2) is 0 Å². The number of hydroxylamine groups is 2. The molecule has 0 aliphatic heterocycles. The third-order valence-electron chi connectivity index (χ3n) is 4.03. The highest BCUT2D eigenvalue weighted by Gasteiger charge is 2.94. The summed E-state index contributed by atoms with van der Waals surface area (Å²) in [7, 11) is 0.711. The van der Waals surface area contributed by atoms with Gasteiger partial charge in [-0.05, 0) is 12.1 Å². The van der Waals surface area contributed by atoms with Gasteiger partial charge in [0.2, 0.25) is 0 Å². The molecule has 191 valence electrons. The Morgan fingerprint density at radius 3 is 1.42 bits per heavy atom. The van der Waals surface area contributed by atoms with Gasteiger partial charge in [0.05, 0.1) is 0 Å². The SMILES string of the molecule is Cn1c(Cl)ccc1C(=O)N([O])C(F)(F)C(F)(F)C(F)(F)C(F)(F)C(F)(F)C(F)(F)C(F)(F)F. The maximum Gasteiger partial charge on any atom is 0.460 e. The molecule has 20 heteroatoms. The van der Waals surface area contributed by atoms with E-state index < -0.39 is 63.7 Å². The van der Waals surface area contributed by atoms with Gasteiger partial charge in [-0.15, -0.1) is 5.06 Å². The van der Waals surface area contributed by atoms with Crippen LogP contribution in [0.3, 0.4) is 0 Å². The number of hydrogen-bond acceptors (Lipinski definition) is 1. The first-order valence-corrected chi connectivity index (χ1v) is 7.79. The second-order valence-corrected chi connectivity index (χ2v) is 6.50. The van der Waals surface area contributed by atoms with Crippen LogP contribution in [0.5, 0.6) is 0 Å². The zero-order valence-corrected chi connectivity index (χ0v) is 15.7. The summed E-state index contributed by atoms with van der Waals surface area (Å²) in [6.45, 7) is 0. The summed E-state index contributed by atoms with van der Waals surface area (Å²) in [4.78, 5) is 11.6.